The molecule has 0 saturated carbocycles. The Morgan fingerprint density at radius 2 is 0.567 bits per heavy atom. The highest BCUT2D eigenvalue weighted by atomic mass is 14.1. The van der Waals surface area contributed by atoms with Crippen LogP contribution in [-0.4, -0.2) is 0 Å². The first-order chi connectivity index (χ1) is 14.8. The van der Waals surface area contributed by atoms with Gasteiger partial charge in [0.05, 0.1) is 0 Å². The second kappa shape index (κ2) is 5.81. The van der Waals surface area contributed by atoms with E-state index in [2.05, 4.69) is 109 Å². The molecule has 30 heavy (non-hydrogen) atoms. The van der Waals surface area contributed by atoms with Crippen molar-refractivity contribution in [1.29, 1.82) is 0 Å². The molecule has 0 spiro atoms. The van der Waals surface area contributed by atoms with E-state index in [0.29, 0.717) is 0 Å². The lowest BCUT2D eigenvalue weighted by atomic mass is 9.92. The van der Waals surface area contributed by atoms with E-state index in [0.717, 1.165) is 0 Å². The number of hydrogen-bond acceptors (Lipinski definition) is 0. The summed E-state index contributed by atoms with van der Waals surface area (Å²) < 4.78 is 0. The zero-order valence-corrected chi connectivity index (χ0v) is 16.4. The van der Waals surface area contributed by atoms with E-state index in [1.807, 2.05) is 0 Å². The summed E-state index contributed by atoms with van der Waals surface area (Å²) in [6, 6.07) is 40.3. The molecule has 0 unspecified atom stereocenters. The minimum absolute atomic E-state index is 1.29. The van der Waals surface area contributed by atoms with Crippen molar-refractivity contribution in [2.24, 2.45) is 0 Å². The third-order valence-electron chi connectivity index (χ3n) is 6.56. The number of rotatable bonds is 0. The summed E-state index contributed by atoms with van der Waals surface area (Å²) in [5.74, 6) is 0. The number of fused-ring (bicyclic) bond motifs is 9. The molecular formula is C30H18. The summed E-state index contributed by atoms with van der Waals surface area (Å²) >= 11 is 0. The fraction of sp³-hybridized carbons (Fsp3) is 0. The average molecular weight is 378 g/mol. The summed E-state index contributed by atoms with van der Waals surface area (Å²) in [5.41, 5.74) is 0. The van der Waals surface area contributed by atoms with Crippen LogP contribution in [-0.2, 0) is 0 Å². The predicted molar refractivity (Wildman–Crippen MR) is 131 cm³/mol. The molecule has 0 fully saturated rings. The van der Waals surface area contributed by atoms with Crippen LogP contribution in [0.4, 0.5) is 0 Å². The molecular weight excluding hydrogens is 360 g/mol. The van der Waals surface area contributed by atoms with E-state index in [-0.39, 0.29) is 0 Å². The van der Waals surface area contributed by atoms with Crippen LogP contribution in [0, 0.1) is 0 Å². The molecule has 7 rings (SSSR count). The zero-order valence-electron chi connectivity index (χ0n) is 16.4. The van der Waals surface area contributed by atoms with E-state index in [1.54, 1.807) is 0 Å². The fourth-order valence-corrected chi connectivity index (χ4v) is 5.07. The van der Waals surface area contributed by atoms with Gasteiger partial charge in [0.2, 0.25) is 0 Å². The SMILES string of the molecule is c1ccc2cc3c(ccc4c3ccc3c5cc6ccccc6cc5ccc34)cc2c1. The van der Waals surface area contributed by atoms with Gasteiger partial charge in [-0.1, -0.05) is 84.9 Å². The minimum Gasteiger partial charge on any atom is -0.0616 e. The van der Waals surface area contributed by atoms with Gasteiger partial charge in [-0.25, -0.2) is 0 Å². The lowest BCUT2D eigenvalue weighted by Gasteiger charge is -2.11. The molecule has 7 aromatic rings. The second-order valence-electron chi connectivity index (χ2n) is 8.23. The Hall–Kier alpha value is -3.90. The molecule has 0 N–H and O–H groups in total. The summed E-state index contributed by atoms with van der Waals surface area (Å²) in [7, 11) is 0. The summed E-state index contributed by atoms with van der Waals surface area (Å²) in [4.78, 5) is 0. The van der Waals surface area contributed by atoms with Gasteiger partial charge in [0.15, 0.2) is 0 Å². The molecule has 0 aliphatic heterocycles. The van der Waals surface area contributed by atoms with Crippen LogP contribution in [0.2, 0.25) is 0 Å². The quantitative estimate of drug-likeness (QED) is 0.183. The summed E-state index contributed by atoms with van der Waals surface area (Å²) in [5, 5.41) is 15.7. The maximum absolute atomic E-state index is 2.34. The lowest BCUT2D eigenvalue weighted by molar-refractivity contribution is 1.78. The molecule has 0 radical (unpaired) electrons. The molecule has 0 aromatic heterocycles. The van der Waals surface area contributed by atoms with Gasteiger partial charge in [-0.15, -0.1) is 0 Å². The average Bonchev–Trinajstić information content (AvgIpc) is 2.80. The van der Waals surface area contributed by atoms with Crippen molar-refractivity contribution in [1.82, 2.24) is 0 Å². The summed E-state index contributed by atoms with van der Waals surface area (Å²) in [6.07, 6.45) is 0. The zero-order chi connectivity index (χ0) is 19.7. The molecule has 7 aromatic carbocycles. The molecule has 0 aliphatic carbocycles. The van der Waals surface area contributed by atoms with Crippen molar-refractivity contribution in [3.8, 4) is 0 Å². The first kappa shape index (κ1) is 16.0. The van der Waals surface area contributed by atoms with Gasteiger partial charge in [-0.3, -0.25) is 0 Å². The van der Waals surface area contributed by atoms with Gasteiger partial charge in [0.1, 0.15) is 0 Å². The highest BCUT2D eigenvalue weighted by Crippen LogP contribution is 2.37. The molecule has 0 nitrogen and oxygen atoms in total. The van der Waals surface area contributed by atoms with Gasteiger partial charge in [-0.2, -0.15) is 0 Å². The normalized spacial score (nSPS) is 12.0. The van der Waals surface area contributed by atoms with E-state index >= 15 is 0 Å². The van der Waals surface area contributed by atoms with Crippen LogP contribution in [0.1, 0.15) is 0 Å². The molecule has 0 atom stereocenters. The molecule has 0 heterocycles. The number of benzene rings is 7. The highest BCUT2D eigenvalue weighted by Gasteiger charge is 2.09. The van der Waals surface area contributed by atoms with E-state index in [1.165, 1.54) is 64.6 Å². The van der Waals surface area contributed by atoms with E-state index in [9.17, 15) is 0 Å². The van der Waals surface area contributed by atoms with Crippen LogP contribution in [0.5, 0.6) is 0 Å². The molecule has 0 amide bonds. The fourth-order valence-electron chi connectivity index (χ4n) is 5.07. The molecule has 0 bridgehead atoms. The predicted octanol–water partition coefficient (Wildman–Crippen LogP) is 8.61. The van der Waals surface area contributed by atoms with E-state index in [4.69, 9.17) is 0 Å². The number of hydrogen-bond donors (Lipinski definition) is 0. The Labute approximate surface area is 174 Å². The smallest absolute Gasteiger partial charge is 0.00987 e. The maximum atomic E-state index is 2.34. The van der Waals surface area contributed by atoms with Crippen LogP contribution < -0.4 is 0 Å². The Kier molecular flexibility index (Phi) is 3.09. The van der Waals surface area contributed by atoms with Gasteiger partial charge < -0.3 is 0 Å². The van der Waals surface area contributed by atoms with Gasteiger partial charge >= 0.3 is 0 Å². The largest absolute Gasteiger partial charge is 0.0616 e. The standard InChI is InChI=1S/C30H18/c1-3-7-21-17-29-23(15-19(21)5-1)9-11-25-26-12-10-24-16-20-6-2-4-8-22(20)18-30(24)28(26)14-13-27(25)29/h1-18H. The minimum atomic E-state index is 1.29. The van der Waals surface area contributed by atoms with Crippen molar-refractivity contribution in [2.45, 2.75) is 0 Å². The van der Waals surface area contributed by atoms with Crippen molar-refractivity contribution in [3.05, 3.63) is 109 Å². The monoisotopic (exact) mass is 378 g/mol. The lowest BCUT2D eigenvalue weighted by Crippen LogP contribution is -1.84. The third kappa shape index (κ3) is 2.16. The first-order valence-corrected chi connectivity index (χ1v) is 10.4. The molecule has 0 heteroatoms. The van der Waals surface area contributed by atoms with Gasteiger partial charge in [-0.05, 0) is 88.9 Å². The Morgan fingerprint density at radius 3 is 1.00 bits per heavy atom. The second-order valence-corrected chi connectivity index (χ2v) is 8.23. The van der Waals surface area contributed by atoms with Crippen molar-refractivity contribution in [3.63, 3.8) is 0 Å². The van der Waals surface area contributed by atoms with Crippen molar-refractivity contribution < 1.29 is 0 Å². The molecule has 0 aliphatic rings. The van der Waals surface area contributed by atoms with Gasteiger partial charge in [0.25, 0.3) is 0 Å². The van der Waals surface area contributed by atoms with Gasteiger partial charge in [0, 0.05) is 0 Å². The molecule has 0 saturated heterocycles. The van der Waals surface area contributed by atoms with E-state index < -0.39 is 0 Å². The van der Waals surface area contributed by atoms with Crippen molar-refractivity contribution >= 4 is 64.6 Å². The van der Waals surface area contributed by atoms with Crippen molar-refractivity contribution in [2.75, 3.05) is 0 Å². The Morgan fingerprint density at radius 1 is 0.233 bits per heavy atom. The summed E-state index contributed by atoms with van der Waals surface area (Å²) in [6.45, 7) is 0. The first-order valence-electron chi connectivity index (χ1n) is 10.4. The third-order valence-corrected chi connectivity index (χ3v) is 6.56. The van der Waals surface area contributed by atoms with Crippen LogP contribution in [0.3, 0.4) is 0 Å². The van der Waals surface area contributed by atoms with Crippen LogP contribution in [0.15, 0.2) is 109 Å². The maximum Gasteiger partial charge on any atom is -0.00987 e. The Balaban J connectivity index is 1.62. The topological polar surface area (TPSA) is 0 Å². The Bertz CT molecular complexity index is 1650. The van der Waals surface area contributed by atoms with Crippen LogP contribution >= 0.6 is 0 Å². The van der Waals surface area contributed by atoms with Crippen LogP contribution in [0.25, 0.3) is 64.6 Å². The molecule has 138 valence electrons. The highest BCUT2D eigenvalue weighted by molar-refractivity contribution is 6.24.